The summed E-state index contributed by atoms with van der Waals surface area (Å²) in [6.07, 6.45) is -0.274. The van der Waals surface area contributed by atoms with Gasteiger partial charge in [-0.2, -0.15) is 0 Å². The van der Waals surface area contributed by atoms with Crippen LogP contribution in [-0.2, 0) is 9.59 Å². The van der Waals surface area contributed by atoms with Gasteiger partial charge in [0.25, 0.3) is 0 Å². The average molecular weight is 373 g/mol. The Hall–Kier alpha value is -2.80. The second-order valence-corrected chi connectivity index (χ2v) is 6.43. The predicted molar refractivity (Wildman–Crippen MR) is 100.0 cm³/mol. The number of carbonyl (C=O) groups excluding carboxylic acids is 2. The smallest absolute Gasteiger partial charge is 0.303 e. The summed E-state index contributed by atoms with van der Waals surface area (Å²) < 4.78 is 5.20. The summed E-state index contributed by atoms with van der Waals surface area (Å²) >= 11 is 1.39. The van der Waals surface area contributed by atoms with E-state index in [1.165, 1.54) is 18.9 Å². The van der Waals surface area contributed by atoms with Gasteiger partial charge in [0.15, 0.2) is 5.78 Å². The lowest BCUT2D eigenvalue weighted by molar-refractivity contribution is -0.138. The number of amides is 1. The third-order valence-electron chi connectivity index (χ3n) is 3.48. The summed E-state index contributed by atoms with van der Waals surface area (Å²) in [6.45, 7) is 0. The van der Waals surface area contributed by atoms with Crippen LogP contribution in [0.4, 0.5) is 5.69 Å². The molecule has 0 unspecified atom stereocenters. The predicted octanol–water partition coefficient (Wildman–Crippen LogP) is 3.47. The minimum Gasteiger partial charge on any atom is -0.496 e. The summed E-state index contributed by atoms with van der Waals surface area (Å²) in [7, 11) is 1.53. The molecule has 0 atom stereocenters. The van der Waals surface area contributed by atoms with Gasteiger partial charge in [-0.15, -0.1) is 11.8 Å². The van der Waals surface area contributed by atoms with Gasteiger partial charge in [0.2, 0.25) is 5.91 Å². The third-order valence-corrected chi connectivity index (χ3v) is 4.49. The van der Waals surface area contributed by atoms with E-state index in [0.29, 0.717) is 17.0 Å². The van der Waals surface area contributed by atoms with Gasteiger partial charge < -0.3 is 15.2 Å². The fourth-order valence-corrected chi connectivity index (χ4v) is 2.96. The molecule has 0 aliphatic rings. The fourth-order valence-electron chi connectivity index (χ4n) is 2.18. The number of Topliss-reactive ketones (excluding diaryl/α,β-unsaturated/α-hetero) is 1. The number of ether oxygens (including phenoxy) is 1. The Morgan fingerprint density at radius 1 is 1.04 bits per heavy atom. The van der Waals surface area contributed by atoms with Crippen molar-refractivity contribution in [2.45, 2.75) is 17.7 Å². The van der Waals surface area contributed by atoms with E-state index in [4.69, 9.17) is 9.84 Å². The van der Waals surface area contributed by atoms with Crippen LogP contribution in [0.25, 0.3) is 0 Å². The number of para-hydroxylation sites is 1. The van der Waals surface area contributed by atoms with E-state index in [0.717, 1.165) is 4.90 Å². The molecule has 0 radical (unpaired) electrons. The Labute approximate surface area is 155 Å². The number of thioether (sulfide) groups is 1. The molecule has 136 valence electrons. The van der Waals surface area contributed by atoms with Crippen LogP contribution in [0.2, 0.25) is 0 Å². The molecule has 2 rings (SSSR count). The lowest BCUT2D eigenvalue weighted by Gasteiger charge is -2.08. The van der Waals surface area contributed by atoms with E-state index in [1.807, 2.05) is 6.07 Å². The van der Waals surface area contributed by atoms with Gasteiger partial charge in [0, 0.05) is 17.0 Å². The Balaban J connectivity index is 1.88. The summed E-state index contributed by atoms with van der Waals surface area (Å²) in [5.74, 6) is -0.563. The van der Waals surface area contributed by atoms with Crippen molar-refractivity contribution >= 4 is 35.1 Å². The van der Waals surface area contributed by atoms with Gasteiger partial charge in [-0.1, -0.05) is 12.1 Å². The van der Waals surface area contributed by atoms with Crippen molar-refractivity contribution in [1.82, 2.24) is 0 Å². The first kappa shape index (κ1) is 19.5. The molecule has 0 fully saturated rings. The topological polar surface area (TPSA) is 92.7 Å². The molecule has 0 aliphatic carbocycles. The maximum absolute atomic E-state index is 12.3. The van der Waals surface area contributed by atoms with Gasteiger partial charge in [0.1, 0.15) is 5.75 Å². The standard InChI is InChI=1S/C19H19NO5S/c1-25-17-5-3-2-4-15(17)16(21)12-26-14-8-6-13(7-9-14)20-18(22)10-11-19(23)24/h2-9H,10-12H2,1H3,(H,20,22)(H,23,24). The zero-order valence-corrected chi connectivity index (χ0v) is 15.0. The highest BCUT2D eigenvalue weighted by atomic mass is 32.2. The highest BCUT2D eigenvalue weighted by Gasteiger charge is 2.12. The zero-order valence-electron chi connectivity index (χ0n) is 14.2. The van der Waals surface area contributed by atoms with Crippen molar-refractivity contribution in [3.05, 3.63) is 54.1 Å². The van der Waals surface area contributed by atoms with Crippen LogP contribution in [0, 0.1) is 0 Å². The van der Waals surface area contributed by atoms with Crippen molar-refractivity contribution < 1.29 is 24.2 Å². The maximum Gasteiger partial charge on any atom is 0.303 e. The first-order chi connectivity index (χ1) is 12.5. The summed E-state index contributed by atoms with van der Waals surface area (Å²) in [5.41, 5.74) is 1.13. The van der Waals surface area contributed by atoms with Crippen LogP contribution in [-0.4, -0.2) is 35.6 Å². The molecule has 6 nitrogen and oxygen atoms in total. The van der Waals surface area contributed by atoms with Crippen LogP contribution < -0.4 is 10.1 Å². The molecule has 0 saturated carbocycles. The number of carbonyl (C=O) groups is 3. The molecule has 0 heterocycles. The van der Waals surface area contributed by atoms with E-state index in [1.54, 1.807) is 42.5 Å². The number of aliphatic carboxylic acids is 1. The van der Waals surface area contributed by atoms with Crippen molar-refractivity contribution in [2.75, 3.05) is 18.2 Å². The van der Waals surface area contributed by atoms with Crippen molar-refractivity contribution in [2.24, 2.45) is 0 Å². The number of hydrogen-bond donors (Lipinski definition) is 2. The Morgan fingerprint density at radius 3 is 2.38 bits per heavy atom. The minimum atomic E-state index is -1.01. The van der Waals surface area contributed by atoms with Gasteiger partial charge in [-0.25, -0.2) is 0 Å². The number of nitrogens with one attached hydrogen (secondary N) is 1. The Kier molecular flexibility index (Phi) is 7.23. The first-order valence-electron chi connectivity index (χ1n) is 7.90. The lowest BCUT2D eigenvalue weighted by Crippen LogP contribution is -2.13. The molecule has 0 aromatic heterocycles. The molecule has 1 amide bonds. The lowest BCUT2D eigenvalue weighted by atomic mass is 10.1. The maximum atomic E-state index is 12.3. The number of carboxylic acid groups (broad SMARTS) is 1. The van der Waals surface area contributed by atoms with Gasteiger partial charge >= 0.3 is 5.97 Å². The van der Waals surface area contributed by atoms with E-state index >= 15 is 0 Å². The number of methoxy groups -OCH3 is 1. The zero-order chi connectivity index (χ0) is 18.9. The Morgan fingerprint density at radius 2 is 1.73 bits per heavy atom. The normalized spacial score (nSPS) is 10.2. The third kappa shape index (κ3) is 5.93. The second kappa shape index (κ2) is 9.62. The monoisotopic (exact) mass is 373 g/mol. The van der Waals surface area contributed by atoms with Crippen LogP contribution in [0.15, 0.2) is 53.4 Å². The van der Waals surface area contributed by atoms with Crippen molar-refractivity contribution in [3.8, 4) is 5.75 Å². The number of ketones is 1. The molecule has 0 aliphatic heterocycles. The van der Waals surface area contributed by atoms with E-state index in [-0.39, 0.29) is 30.3 Å². The highest BCUT2D eigenvalue weighted by Crippen LogP contribution is 2.24. The summed E-state index contributed by atoms with van der Waals surface area (Å²) in [6, 6.07) is 14.1. The van der Waals surface area contributed by atoms with Crippen LogP contribution in [0.5, 0.6) is 5.75 Å². The molecule has 7 heteroatoms. The summed E-state index contributed by atoms with van der Waals surface area (Å²) in [4.78, 5) is 35.3. The first-order valence-corrected chi connectivity index (χ1v) is 8.89. The number of benzene rings is 2. The minimum absolute atomic E-state index is 0.0292. The molecule has 0 saturated heterocycles. The summed E-state index contributed by atoms with van der Waals surface area (Å²) in [5, 5.41) is 11.2. The van der Waals surface area contributed by atoms with Gasteiger partial charge in [-0.05, 0) is 36.4 Å². The largest absolute Gasteiger partial charge is 0.496 e. The molecular weight excluding hydrogens is 354 g/mol. The van der Waals surface area contributed by atoms with Gasteiger partial charge in [-0.3, -0.25) is 14.4 Å². The van der Waals surface area contributed by atoms with Crippen molar-refractivity contribution in [1.29, 1.82) is 0 Å². The van der Waals surface area contributed by atoms with E-state index in [9.17, 15) is 14.4 Å². The molecule has 26 heavy (non-hydrogen) atoms. The number of anilines is 1. The molecule has 0 spiro atoms. The number of rotatable bonds is 9. The Bertz CT molecular complexity index is 789. The van der Waals surface area contributed by atoms with E-state index < -0.39 is 5.97 Å². The van der Waals surface area contributed by atoms with E-state index in [2.05, 4.69) is 5.32 Å². The molecule has 2 aromatic rings. The van der Waals surface area contributed by atoms with Crippen LogP contribution in [0.1, 0.15) is 23.2 Å². The molecular formula is C19H19NO5S. The van der Waals surface area contributed by atoms with Crippen LogP contribution in [0.3, 0.4) is 0 Å². The molecule has 2 N–H and O–H groups in total. The number of carboxylic acids is 1. The van der Waals surface area contributed by atoms with Gasteiger partial charge in [0.05, 0.1) is 24.8 Å². The number of hydrogen-bond acceptors (Lipinski definition) is 5. The molecule has 0 bridgehead atoms. The van der Waals surface area contributed by atoms with Crippen LogP contribution >= 0.6 is 11.8 Å². The fraction of sp³-hybridized carbons (Fsp3) is 0.211. The average Bonchev–Trinajstić information content (AvgIpc) is 2.65. The second-order valence-electron chi connectivity index (χ2n) is 5.38. The van der Waals surface area contributed by atoms with Crippen molar-refractivity contribution in [3.63, 3.8) is 0 Å². The molecule has 2 aromatic carbocycles. The quantitative estimate of drug-likeness (QED) is 0.516. The highest BCUT2D eigenvalue weighted by molar-refractivity contribution is 8.00. The SMILES string of the molecule is COc1ccccc1C(=O)CSc1ccc(NC(=O)CCC(=O)O)cc1.